The molecule has 0 aromatic heterocycles. The topological polar surface area (TPSA) is 43.1 Å². The van der Waals surface area contributed by atoms with Crippen molar-refractivity contribution >= 4 is 23.1 Å². The summed E-state index contributed by atoms with van der Waals surface area (Å²) in [6.45, 7) is 3.85. The number of hydrogen-bond acceptors (Lipinski definition) is 2. The molecule has 92 valence electrons. The number of nitrogens with two attached hydrogens (primary N) is 1. The Kier molecular flexibility index (Phi) is 3.39. The minimum atomic E-state index is -0.126. The van der Waals surface area contributed by atoms with Crippen LogP contribution >= 0.6 is 11.6 Å². The van der Waals surface area contributed by atoms with Gasteiger partial charge in [-0.15, -0.1) is 0 Å². The third kappa shape index (κ3) is 2.24. The van der Waals surface area contributed by atoms with Gasteiger partial charge in [-0.2, -0.15) is 0 Å². The van der Waals surface area contributed by atoms with E-state index in [1.165, 1.54) is 0 Å². The molecular formula is C15H14ClNO. The van der Waals surface area contributed by atoms with E-state index >= 15 is 0 Å². The first-order valence-corrected chi connectivity index (χ1v) is 6.04. The summed E-state index contributed by atoms with van der Waals surface area (Å²) in [4.78, 5) is 12.5. The van der Waals surface area contributed by atoms with Crippen LogP contribution in [0.1, 0.15) is 27.0 Å². The van der Waals surface area contributed by atoms with Crippen molar-refractivity contribution in [2.75, 3.05) is 5.73 Å². The Balaban J connectivity index is 2.58. The molecule has 2 aromatic carbocycles. The molecule has 18 heavy (non-hydrogen) atoms. The van der Waals surface area contributed by atoms with Crippen molar-refractivity contribution in [2.24, 2.45) is 0 Å². The first-order valence-electron chi connectivity index (χ1n) is 5.66. The van der Waals surface area contributed by atoms with Crippen LogP contribution in [0.3, 0.4) is 0 Å². The molecule has 2 N–H and O–H groups in total. The van der Waals surface area contributed by atoms with E-state index in [0.717, 1.165) is 11.1 Å². The summed E-state index contributed by atoms with van der Waals surface area (Å²) in [7, 11) is 0. The Morgan fingerprint density at radius 1 is 1.17 bits per heavy atom. The number of halogens is 1. The lowest BCUT2D eigenvalue weighted by atomic mass is 9.96. The lowest BCUT2D eigenvalue weighted by molar-refractivity contribution is 0.103. The summed E-state index contributed by atoms with van der Waals surface area (Å²) in [5.41, 5.74) is 9.24. The molecule has 2 rings (SSSR count). The molecule has 0 amide bonds. The summed E-state index contributed by atoms with van der Waals surface area (Å²) < 4.78 is 0. The molecular weight excluding hydrogens is 246 g/mol. The van der Waals surface area contributed by atoms with Crippen molar-refractivity contribution in [3.63, 3.8) is 0 Å². The molecule has 2 nitrogen and oxygen atoms in total. The van der Waals surface area contributed by atoms with Crippen LogP contribution in [-0.4, -0.2) is 5.78 Å². The van der Waals surface area contributed by atoms with Gasteiger partial charge in [0.15, 0.2) is 5.78 Å². The summed E-state index contributed by atoms with van der Waals surface area (Å²) >= 11 is 6.07. The maximum atomic E-state index is 12.5. The van der Waals surface area contributed by atoms with Crippen molar-refractivity contribution in [3.8, 4) is 0 Å². The van der Waals surface area contributed by atoms with Gasteiger partial charge in [-0.3, -0.25) is 4.79 Å². The van der Waals surface area contributed by atoms with Gasteiger partial charge in [-0.25, -0.2) is 0 Å². The van der Waals surface area contributed by atoms with Crippen LogP contribution in [0.2, 0.25) is 5.02 Å². The fourth-order valence-electron chi connectivity index (χ4n) is 1.90. The van der Waals surface area contributed by atoms with Gasteiger partial charge in [-0.05, 0) is 37.6 Å². The van der Waals surface area contributed by atoms with Crippen LogP contribution in [0.5, 0.6) is 0 Å². The second-order valence-corrected chi connectivity index (χ2v) is 4.76. The largest absolute Gasteiger partial charge is 0.398 e. The predicted octanol–water partition coefficient (Wildman–Crippen LogP) is 3.77. The quantitative estimate of drug-likeness (QED) is 0.659. The van der Waals surface area contributed by atoms with Crippen molar-refractivity contribution < 1.29 is 4.79 Å². The Morgan fingerprint density at radius 2 is 1.89 bits per heavy atom. The molecule has 3 heteroatoms. The Hall–Kier alpha value is -1.80. The van der Waals surface area contributed by atoms with Gasteiger partial charge in [0, 0.05) is 11.3 Å². The van der Waals surface area contributed by atoms with Crippen LogP contribution in [0.25, 0.3) is 0 Å². The van der Waals surface area contributed by atoms with Gasteiger partial charge in [0.2, 0.25) is 0 Å². The van der Waals surface area contributed by atoms with Gasteiger partial charge < -0.3 is 5.73 Å². The predicted molar refractivity (Wildman–Crippen MR) is 75.2 cm³/mol. The van der Waals surface area contributed by atoms with Crippen molar-refractivity contribution in [3.05, 3.63) is 63.7 Å². The number of benzene rings is 2. The first-order chi connectivity index (χ1) is 8.50. The highest BCUT2D eigenvalue weighted by Gasteiger charge is 2.17. The number of carbonyl (C=O) groups excluding carboxylic acids is 1. The monoisotopic (exact) mass is 259 g/mol. The van der Waals surface area contributed by atoms with E-state index in [1.54, 1.807) is 18.2 Å². The molecule has 0 bridgehead atoms. The zero-order valence-electron chi connectivity index (χ0n) is 10.3. The fraction of sp³-hybridized carbons (Fsp3) is 0.133. The lowest BCUT2D eigenvalue weighted by Crippen LogP contribution is -2.08. The molecule has 0 saturated heterocycles. The summed E-state index contributed by atoms with van der Waals surface area (Å²) in [6, 6.07) is 10.9. The van der Waals surface area contributed by atoms with E-state index in [0.29, 0.717) is 21.8 Å². The highest BCUT2D eigenvalue weighted by Crippen LogP contribution is 2.26. The third-order valence-corrected chi connectivity index (χ3v) is 3.23. The van der Waals surface area contributed by atoms with Crippen LogP contribution in [-0.2, 0) is 0 Å². The summed E-state index contributed by atoms with van der Waals surface area (Å²) in [5, 5.41) is 0.390. The molecule has 0 spiro atoms. The van der Waals surface area contributed by atoms with Crippen LogP contribution in [0, 0.1) is 13.8 Å². The minimum Gasteiger partial charge on any atom is -0.398 e. The van der Waals surface area contributed by atoms with E-state index in [-0.39, 0.29) is 5.78 Å². The van der Waals surface area contributed by atoms with E-state index in [9.17, 15) is 4.79 Å². The molecule has 0 unspecified atom stereocenters. The van der Waals surface area contributed by atoms with Crippen LogP contribution in [0.15, 0.2) is 36.4 Å². The van der Waals surface area contributed by atoms with Crippen molar-refractivity contribution in [1.82, 2.24) is 0 Å². The molecule has 0 aliphatic rings. The molecule has 0 heterocycles. The van der Waals surface area contributed by atoms with E-state index in [1.807, 2.05) is 32.0 Å². The highest BCUT2D eigenvalue weighted by atomic mass is 35.5. The maximum absolute atomic E-state index is 12.5. The number of anilines is 1. The van der Waals surface area contributed by atoms with Crippen molar-refractivity contribution in [1.29, 1.82) is 0 Å². The molecule has 0 atom stereocenters. The van der Waals surface area contributed by atoms with Gasteiger partial charge in [0.05, 0.1) is 10.6 Å². The average molecular weight is 260 g/mol. The number of aryl methyl sites for hydroxylation is 2. The average Bonchev–Trinajstić information content (AvgIpc) is 2.32. The number of ketones is 1. The molecule has 0 aliphatic heterocycles. The number of nitrogen functional groups attached to an aromatic ring is 1. The number of rotatable bonds is 2. The second-order valence-electron chi connectivity index (χ2n) is 4.35. The SMILES string of the molecule is Cc1ccc(C)c(C(=O)c2c(N)cccc2Cl)c1. The van der Waals surface area contributed by atoms with Gasteiger partial charge >= 0.3 is 0 Å². The smallest absolute Gasteiger partial charge is 0.196 e. The third-order valence-electron chi connectivity index (χ3n) is 2.91. The number of hydrogen-bond donors (Lipinski definition) is 1. The zero-order valence-corrected chi connectivity index (χ0v) is 11.1. The van der Waals surface area contributed by atoms with Crippen LogP contribution in [0.4, 0.5) is 5.69 Å². The zero-order chi connectivity index (χ0) is 13.3. The van der Waals surface area contributed by atoms with Gasteiger partial charge in [-0.1, -0.05) is 35.4 Å². The Morgan fingerprint density at radius 3 is 2.56 bits per heavy atom. The first kappa shape index (κ1) is 12.7. The fourth-order valence-corrected chi connectivity index (χ4v) is 2.16. The second kappa shape index (κ2) is 4.83. The van der Waals surface area contributed by atoms with E-state index in [4.69, 9.17) is 17.3 Å². The van der Waals surface area contributed by atoms with E-state index in [2.05, 4.69) is 0 Å². The molecule has 0 aliphatic carbocycles. The summed E-state index contributed by atoms with van der Waals surface area (Å²) in [6.07, 6.45) is 0. The number of carbonyl (C=O) groups is 1. The van der Waals surface area contributed by atoms with Crippen LogP contribution < -0.4 is 5.73 Å². The van der Waals surface area contributed by atoms with E-state index < -0.39 is 0 Å². The Bertz CT molecular complexity index is 600. The van der Waals surface area contributed by atoms with Crippen molar-refractivity contribution in [2.45, 2.75) is 13.8 Å². The normalized spacial score (nSPS) is 10.4. The van der Waals surface area contributed by atoms with Gasteiger partial charge in [0.25, 0.3) is 0 Å². The Labute approximate surface area is 111 Å². The molecule has 0 saturated carbocycles. The lowest BCUT2D eigenvalue weighted by Gasteiger charge is -2.10. The van der Waals surface area contributed by atoms with Gasteiger partial charge in [0.1, 0.15) is 0 Å². The molecule has 2 aromatic rings. The molecule has 0 fully saturated rings. The highest BCUT2D eigenvalue weighted by molar-refractivity contribution is 6.36. The molecule has 0 radical (unpaired) electrons. The summed E-state index contributed by atoms with van der Waals surface area (Å²) in [5.74, 6) is -0.126. The maximum Gasteiger partial charge on any atom is 0.196 e. The minimum absolute atomic E-state index is 0.126. The standard InChI is InChI=1S/C15H14ClNO/c1-9-6-7-10(2)11(8-9)15(18)14-12(16)4-3-5-13(14)17/h3-8H,17H2,1-2H3.